The second-order valence-corrected chi connectivity index (χ2v) is 5.66. The van der Waals surface area contributed by atoms with Crippen LogP contribution in [0.3, 0.4) is 0 Å². The molecule has 0 atom stereocenters. The number of para-hydroxylation sites is 2. The molecule has 1 aliphatic carbocycles. The van der Waals surface area contributed by atoms with Gasteiger partial charge in [-0.2, -0.15) is 0 Å². The Bertz CT molecular complexity index is 774. The predicted octanol–water partition coefficient (Wildman–Crippen LogP) is 4.09. The number of alkyl halides is 3. The van der Waals surface area contributed by atoms with E-state index in [1.165, 1.54) is 29.3 Å². The Kier molecular flexibility index (Phi) is 4.83. The molecule has 0 radical (unpaired) electrons. The highest BCUT2D eigenvalue weighted by Gasteiger charge is 2.32. The number of anilines is 1. The van der Waals surface area contributed by atoms with E-state index in [0.29, 0.717) is 5.75 Å². The Morgan fingerprint density at radius 1 is 1.08 bits per heavy atom. The Morgan fingerprint density at radius 2 is 1.84 bits per heavy atom. The highest BCUT2D eigenvalue weighted by molar-refractivity contribution is 5.93. The zero-order valence-electron chi connectivity index (χ0n) is 13.2. The summed E-state index contributed by atoms with van der Waals surface area (Å²) in [5, 5.41) is 2.37. The Balaban J connectivity index is 1.60. The number of nitrogens with one attached hydrogen (secondary N) is 1. The predicted molar refractivity (Wildman–Crippen MR) is 85.7 cm³/mol. The van der Waals surface area contributed by atoms with Crippen molar-refractivity contribution in [2.75, 3.05) is 11.9 Å². The summed E-state index contributed by atoms with van der Waals surface area (Å²) in [5.74, 6) is -0.477. The maximum absolute atomic E-state index is 12.4. The number of carbonyl (C=O) groups excluding carboxylic acids is 1. The summed E-state index contributed by atoms with van der Waals surface area (Å²) in [4.78, 5) is 12.0. The summed E-state index contributed by atoms with van der Waals surface area (Å²) in [5.41, 5.74) is 2.43. The summed E-state index contributed by atoms with van der Waals surface area (Å²) < 4.78 is 46.5. The van der Waals surface area contributed by atoms with Crippen molar-refractivity contribution in [3.63, 3.8) is 0 Å². The number of halogens is 3. The molecule has 1 N–H and O–H groups in total. The summed E-state index contributed by atoms with van der Waals surface area (Å²) >= 11 is 0. The fraction of sp³-hybridized carbons (Fsp3) is 0.278. The first-order valence-corrected chi connectivity index (χ1v) is 7.80. The van der Waals surface area contributed by atoms with Crippen molar-refractivity contribution in [3.8, 4) is 11.5 Å². The maximum atomic E-state index is 12.4. The normalized spacial score (nSPS) is 13.2. The first kappa shape index (κ1) is 17.1. The molecular weight excluding hydrogens is 335 g/mol. The molecule has 0 aromatic heterocycles. The minimum Gasteiger partial charge on any atom is -0.484 e. The van der Waals surface area contributed by atoms with Crippen LogP contribution in [0.2, 0.25) is 0 Å². The summed E-state index contributed by atoms with van der Waals surface area (Å²) in [6.45, 7) is -0.306. The molecule has 3 rings (SSSR count). The van der Waals surface area contributed by atoms with Crippen molar-refractivity contribution < 1.29 is 27.4 Å². The number of amides is 1. The van der Waals surface area contributed by atoms with Gasteiger partial charge < -0.3 is 14.8 Å². The van der Waals surface area contributed by atoms with Gasteiger partial charge in [-0.25, -0.2) is 0 Å². The van der Waals surface area contributed by atoms with Crippen LogP contribution >= 0.6 is 0 Å². The smallest absolute Gasteiger partial charge is 0.484 e. The highest BCUT2D eigenvalue weighted by Crippen LogP contribution is 2.30. The van der Waals surface area contributed by atoms with Crippen molar-refractivity contribution >= 4 is 11.6 Å². The molecular formula is C18H16F3NO3. The van der Waals surface area contributed by atoms with E-state index in [1.807, 2.05) is 12.1 Å². The van der Waals surface area contributed by atoms with Gasteiger partial charge in [0.25, 0.3) is 5.91 Å². The number of rotatable bonds is 5. The van der Waals surface area contributed by atoms with Gasteiger partial charge in [-0.1, -0.05) is 18.2 Å². The van der Waals surface area contributed by atoms with E-state index in [2.05, 4.69) is 10.1 Å². The molecule has 132 valence electrons. The number of ether oxygens (including phenoxy) is 2. The lowest BCUT2D eigenvalue weighted by Gasteiger charge is -2.14. The largest absolute Gasteiger partial charge is 0.573 e. The lowest BCUT2D eigenvalue weighted by Crippen LogP contribution is -2.22. The Morgan fingerprint density at radius 3 is 2.64 bits per heavy atom. The zero-order chi connectivity index (χ0) is 17.9. The van der Waals surface area contributed by atoms with Gasteiger partial charge in [-0.3, -0.25) is 4.79 Å². The first-order valence-electron chi connectivity index (χ1n) is 7.80. The molecule has 0 saturated heterocycles. The van der Waals surface area contributed by atoms with Crippen molar-refractivity contribution in [2.45, 2.75) is 25.6 Å². The van der Waals surface area contributed by atoms with Gasteiger partial charge in [0, 0.05) is 0 Å². The third-order valence-corrected chi connectivity index (χ3v) is 3.83. The van der Waals surface area contributed by atoms with Crippen LogP contribution in [-0.4, -0.2) is 18.9 Å². The van der Waals surface area contributed by atoms with Crippen LogP contribution in [0.1, 0.15) is 17.5 Å². The SMILES string of the molecule is O=C(COc1ccc2c(c1)CCC2)Nc1ccccc1OC(F)(F)F. The van der Waals surface area contributed by atoms with E-state index in [9.17, 15) is 18.0 Å². The van der Waals surface area contributed by atoms with E-state index < -0.39 is 18.0 Å². The van der Waals surface area contributed by atoms with Crippen LogP contribution in [-0.2, 0) is 17.6 Å². The minimum absolute atomic E-state index is 0.0672. The number of aryl methyl sites for hydroxylation is 2. The number of fused-ring (bicyclic) bond motifs is 1. The standard InChI is InChI=1S/C18H16F3NO3/c19-18(20,21)25-16-7-2-1-6-15(16)22-17(23)11-24-14-9-8-12-4-3-5-13(12)10-14/h1-2,6-10H,3-5,11H2,(H,22,23). The molecule has 0 bridgehead atoms. The van der Waals surface area contributed by atoms with Gasteiger partial charge in [0.2, 0.25) is 0 Å². The van der Waals surface area contributed by atoms with Gasteiger partial charge in [0.05, 0.1) is 5.69 Å². The van der Waals surface area contributed by atoms with Crippen molar-refractivity contribution in [1.82, 2.24) is 0 Å². The molecule has 4 nitrogen and oxygen atoms in total. The zero-order valence-corrected chi connectivity index (χ0v) is 13.2. The maximum Gasteiger partial charge on any atom is 0.573 e. The molecule has 1 amide bonds. The fourth-order valence-electron chi connectivity index (χ4n) is 2.76. The highest BCUT2D eigenvalue weighted by atomic mass is 19.4. The van der Waals surface area contributed by atoms with Gasteiger partial charge in [-0.15, -0.1) is 13.2 Å². The summed E-state index contributed by atoms with van der Waals surface area (Å²) in [6, 6.07) is 11.0. The number of benzene rings is 2. The molecule has 2 aromatic carbocycles. The number of carbonyl (C=O) groups is 1. The quantitative estimate of drug-likeness (QED) is 0.883. The van der Waals surface area contributed by atoms with Crippen molar-refractivity contribution in [3.05, 3.63) is 53.6 Å². The van der Waals surface area contributed by atoms with Crippen LogP contribution < -0.4 is 14.8 Å². The third kappa shape index (κ3) is 4.65. The minimum atomic E-state index is -4.83. The Labute approximate surface area is 142 Å². The van der Waals surface area contributed by atoms with E-state index in [4.69, 9.17) is 4.74 Å². The number of hydrogen-bond acceptors (Lipinski definition) is 3. The lowest BCUT2D eigenvalue weighted by molar-refractivity contribution is -0.274. The van der Waals surface area contributed by atoms with E-state index in [1.54, 1.807) is 6.07 Å². The average Bonchev–Trinajstić information content (AvgIpc) is 3.01. The van der Waals surface area contributed by atoms with Crippen LogP contribution in [0.15, 0.2) is 42.5 Å². The van der Waals surface area contributed by atoms with Gasteiger partial charge in [0.1, 0.15) is 5.75 Å². The monoisotopic (exact) mass is 351 g/mol. The molecule has 7 heteroatoms. The summed E-state index contributed by atoms with van der Waals surface area (Å²) in [7, 11) is 0. The van der Waals surface area contributed by atoms with Crippen LogP contribution in [0, 0.1) is 0 Å². The number of hydrogen-bond donors (Lipinski definition) is 1. The van der Waals surface area contributed by atoms with Gasteiger partial charge in [-0.05, 0) is 54.7 Å². The van der Waals surface area contributed by atoms with Crippen LogP contribution in [0.4, 0.5) is 18.9 Å². The average molecular weight is 351 g/mol. The Hall–Kier alpha value is -2.70. The van der Waals surface area contributed by atoms with E-state index in [-0.39, 0.29) is 12.3 Å². The second-order valence-electron chi connectivity index (χ2n) is 5.66. The van der Waals surface area contributed by atoms with Gasteiger partial charge >= 0.3 is 6.36 Å². The fourth-order valence-corrected chi connectivity index (χ4v) is 2.76. The summed E-state index contributed by atoms with van der Waals surface area (Å²) in [6.07, 6.45) is -1.69. The van der Waals surface area contributed by atoms with Crippen LogP contribution in [0.5, 0.6) is 11.5 Å². The van der Waals surface area contributed by atoms with E-state index in [0.717, 1.165) is 25.3 Å². The molecule has 0 unspecified atom stereocenters. The third-order valence-electron chi connectivity index (χ3n) is 3.83. The van der Waals surface area contributed by atoms with Crippen LogP contribution in [0.25, 0.3) is 0 Å². The molecule has 0 fully saturated rings. The van der Waals surface area contributed by atoms with Gasteiger partial charge in [0.15, 0.2) is 12.4 Å². The molecule has 0 heterocycles. The van der Waals surface area contributed by atoms with Crippen molar-refractivity contribution in [1.29, 1.82) is 0 Å². The van der Waals surface area contributed by atoms with E-state index >= 15 is 0 Å². The molecule has 0 aliphatic heterocycles. The lowest BCUT2D eigenvalue weighted by atomic mass is 10.1. The van der Waals surface area contributed by atoms with Crippen molar-refractivity contribution in [2.24, 2.45) is 0 Å². The molecule has 25 heavy (non-hydrogen) atoms. The topological polar surface area (TPSA) is 47.6 Å². The molecule has 0 spiro atoms. The molecule has 0 saturated carbocycles. The molecule has 1 aliphatic rings. The second kappa shape index (κ2) is 7.04. The first-order chi connectivity index (χ1) is 11.9. The molecule has 2 aromatic rings.